The van der Waals surface area contributed by atoms with Crippen molar-refractivity contribution in [3.63, 3.8) is 0 Å². The normalized spacial score (nSPS) is 11.0. The molecule has 0 unspecified atom stereocenters. The van der Waals surface area contributed by atoms with Crippen LogP contribution in [-0.4, -0.2) is 33.0 Å². The highest BCUT2D eigenvalue weighted by molar-refractivity contribution is 9.10. The van der Waals surface area contributed by atoms with Gasteiger partial charge in [-0.15, -0.1) is 0 Å². The number of carbonyl (C=O) groups is 2. The fraction of sp³-hybridized carbons (Fsp3) is 0.0769. The first-order valence-electron chi connectivity index (χ1n) is 10.7. The summed E-state index contributed by atoms with van der Waals surface area (Å²) < 4.78 is 7.87. The summed E-state index contributed by atoms with van der Waals surface area (Å²) >= 11 is 3.40. The molecular formula is C26H19BrN4O3. The number of nitrogens with one attached hydrogen (secondary N) is 1. The van der Waals surface area contributed by atoms with Crippen molar-refractivity contribution in [2.24, 2.45) is 0 Å². The van der Waals surface area contributed by atoms with Gasteiger partial charge in [0.2, 0.25) is 0 Å². The van der Waals surface area contributed by atoms with Crippen LogP contribution in [0.25, 0.3) is 27.9 Å². The number of ether oxygens (including phenoxy) is 1. The van der Waals surface area contributed by atoms with E-state index >= 15 is 0 Å². The highest BCUT2D eigenvalue weighted by Gasteiger charge is 2.28. The topological polar surface area (TPSA) is 86.1 Å². The quantitative estimate of drug-likeness (QED) is 0.301. The maximum Gasteiger partial charge on any atom is 0.344 e. The standard InChI is InChI=1S/C26H19BrN4O3/c1-2-34-26(33)21-22-24(29-20-14-7-6-13-19(20)28-22)31(18-11-4-3-5-12-18)23(21)30-25(32)16-9-8-10-17(27)15-16/h3-15H,2H2,1H3,(H,30,32). The molecule has 0 aliphatic carbocycles. The molecule has 1 amide bonds. The number of amides is 1. The maximum atomic E-state index is 13.3. The predicted molar refractivity (Wildman–Crippen MR) is 134 cm³/mol. The zero-order chi connectivity index (χ0) is 23.7. The fourth-order valence-electron chi connectivity index (χ4n) is 3.80. The Hall–Kier alpha value is -4.04. The summed E-state index contributed by atoms with van der Waals surface area (Å²) in [6.45, 7) is 1.91. The first kappa shape index (κ1) is 21.8. The Labute approximate surface area is 203 Å². The molecule has 8 heteroatoms. The van der Waals surface area contributed by atoms with Gasteiger partial charge in [0.25, 0.3) is 5.91 Å². The number of hydrogen-bond donors (Lipinski definition) is 1. The van der Waals surface area contributed by atoms with Crippen LogP contribution in [0.3, 0.4) is 0 Å². The fourth-order valence-corrected chi connectivity index (χ4v) is 4.20. The molecule has 0 atom stereocenters. The largest absolute Gasteiger partial charge is 0.462 e. The van der Waals surface area contributed by atoms with E-state index in [0.717, 1.165) is 10.2 Å². The molecule has 0 aliphatic heterocycles. The van der Waals surface area contributed by atoms with Crippen molar-refractivity contribution < 1.29 is 14.3 Å². The number of hydrogen-bond acceptors (Lipinski definition) is 5. The van der Waals surface area contributed by atoms with E-state index < -0.39 is 5.97 Å². The SMILES string of the molecule is CCOC(=O)c1c(NC(=O)c2cccc(Br)c2)n(-c2ccccc2)c2nc3ccccc3nc12. The van der Waals surface area contributed by atoms with Crippen molar-refractivity contribution in [1.29, 1.82) is 0 Å². The number of halogens is 1. The van der Waals surface area contributed by atoms with Gasteiger partial charge in [-0.1, -0.05) is 52.3 Å². The minimum absolute atomic E-state index is 0.155. The van der Waals surface area contributed by atoms with E-state index in [1.165, 1.54) is 0 Å². The van der Waals surface area contributed by atoms with Crippen molar-refractivity contribution in [3.05, 3.63) is 94.5 Å². The van der Waals surface area contributed by atoms with Gasteiger partial charge in [0.15, 0.2) is 5.65 Å². The summed E-state index contributed by atoms with van der Waals surface area (Å²) in [5, 5.41) is 2.93. The third-order valence-electron chi connectivity index (χ3n) is 5.27. The summed E-state index contributed by atoms with van der Waals surface area (Å²) in [6.07, 6.45) is 0. The molecule has 0 radical (unpaired) electrons. The van der Waals surface area contributed by atoms with Crippen LogP contribution >= 0.6 is 15.9 Å². The summed E-state index contributed by atoms with van der Waals surface area (Å²) in [6, 6.07) is 23.8. The van der Waals surface area contributed by atoms with E-state index in [2.05, 4.69) is 21.2 Å². The maximum absolute atomic E-state index is 13.3. The van der Waals surface area contributed by atoms with E-state index in [1.54, 1.807) is 29.7 Å². The Kier molecular flexibility index (Phi) is 5.81. The average Bonchev–Trinajstić information content (AvgIpc) is 3.15. The molecule has 2 aromatic heterocycles. The lowest BCUT2D eigenvalue weighted by molar-refractivity contribution is 0.0529. The van der Waals surface area contributed by atoms with Gasteiger partial charge >= 0.3 is 5.97 Å². The lowest BCUT2D eigenvalue weighted by Crippen LogP contribution is -2.18. The molecule has 34 heavy (non-hydrogen) atoms. The number of aromatic nitrogens is 3. The van der Waals surface area contributed by atoms with Gasteiger partial charge in [0, 0.05) is 15.7 Å². The van der Waals surface area contributed by atoms with Crippen LogP contribution in [0.1, 0.15) is 27.6 Å². The van der Waals surface area contributed by atoms with Gasteiger partial charge in [0.1, 0.15) is 16.9 Å². The molecule has 7 nitrogen and oxygen atoms in total. The van der Waals surface area contributed by atoms with Gasteiger partial charge < -0.3 is 10.1 Å². The molecule has 3 aromatic carbocycles. The molecule has 1 N–H and O–H groups in total. The molecule has 2 heterocycles. The average molecular weight is 515 g/mol. The van der Waals surface area contributed by atoms with Gasteiger partial charge in [-0.3, -0.25) is 9.36 Å². The Bertz CT molecular complexity index is 1550. The zero-order valence-corrected chi connectivity index (χ0v) is 19.7. The molecule has 0 saturated heterocycles. The van der Waals surface area contributed by atoms with Gasteiger partial charge in [-0.2, -0.15) is 0 Å². The highest BCUT2D eigenvalue weighted by Crippen LogP contribution is 2.34. The molecule has 0 saturated carbocycles. The Morgan fingerprint density at radius 2 is 1.65 bits per heavy atom. The van der Waals surface area contributed by atoms with Crippen LogP contribution in [-0.2, 0) is 4.74 Å². The molecule has 0 aliphatic rings. The highest BCUT2D eigenvalue weighted by atomic mass is 79.9. The monoisotopic (exact) mass is 514 g/mol. The van der Waals surface area contributed by atoms with Gasteiger partial charge in [0.05, 0.1) is 17.6 Å². The van der Waals surface area contributed by atoms with Crippen LogP contribution in [0.4, 0.5) is 5.82 Å². The second-order valence-electron chi connectivity index (χ2n) is 7.46. The van der Waals surface area contributed by atoms with E-state index in [4.69, 9.17) is 14.7 Å². The van der Waals surface area contributed by atoms with Gasteiger partial charge in [-0.25, -0.2) is 14.8 Å². The number of rotatable bonds is 5. The summed E-state index contributed by atoms with van der Waals surface area (Å²) in [5.74, 6) is -0.715. The van der Waals surface area contributed by atoms with Crippen LogP contribution < -0.4 is 5.32 Å². The molecule has 0 spiro atoms. The van der Waals surface area contributed by atoms with Crippen molar-refractivity contribution in [2.75, 3.05) is 11.9 Å². The predicted octanol–water partition coefficient (Wildman–Crippen LogP) is 5.77. The second-order valence-corrected chi connectivity index (χ2v) is 8.38. The van der Waals surface area contributed by atoms with E-state index in [-0.39, 0.29) is 23.9 Å². The van der Waals surface area contributed by atoms with Crippen molar-refractivity contribution >= 4 is 55.8 Å². The molecule has 5 rings (SSSR count). The molecule has 168 valence electrons. The van der Waals surface area contributed by atoms with Crippen LogP contribution in [0.5, 0.6) is 0 Å². The van der Waals surface area contributed by atoms with E-state index in [1.807, 2.05) is 60.7 Å². The van der Waals surface area contributed by atoms with E-state index in [9.17, 15) is 9.59 Å². The Morgan fingerprint density at radius 1 is 0.941 bits per heavy atom. The van der Waals surface area contributed by atoms with Crippen molar-refractivity contribution in [2.45, 2.75) is 6.92 Å². The number of carbonyl (C=O) groups excluding carboxylic acids is 2. The van der Waals surface area contributed by atoms with Crippen LogP contribution in [0.15, 0.2) is 83.3 Å². The number of para-hydroxylation sites is 3. The van der Waals surface area contributed by atoms with Crippen LogP contribution in [0.2, 0.25) is 0 Å². The Balaban J connectivity index is 1.82. The smallest absolute Gasteiger partial charge is 0.344 e. The van der Waals surface area contributed by atoms with Gasteiger partial charge in [-0.05, 0) is 49.4 Å². The molecule has 0 fully saturated rings. The minimum atomic E-state index is -0.587. The number of anilines is 1. The third kappa shape index (κ3) is 3.92. The van der Waals surface area contributed by atoms with Crippen molar-refractivity contribution in [1.82, 2.24) is 14.5 Å². The molecule has 0 bridgehead atoms. The summed E-state index contributed by atoms with van der Waals surface area (Å²) in [4.78, 5) is 36.0. The number of nitrogens with zero attached hydrogens (tertiary/aromatic N) is 3. The Morgan fingerprint density at radius 3 is 2.35 bits per heavy atom. The third-order valence-corrected chi connectivity index (χ3v) is 5.77. The lowest BCUT2D eigenvalue weighted by atomic mass is 10.2. The lowest BCUT2D eigenvalue weighted by Gasteiger charge is -2.13. The zero-order valence-electron chi connectivity index (χ0n) is 18.2. The molecule has 5 aromatic rings. The van der Waals surface area contributed by atoms with E-state index in [0.29, 0.717) is 27.8 Å². The number of benzene rings is 3. The first-order valence-corrected chi connectivity index (χ1v) is 11.5. The van der Waals surface area contributed by atoms with Crippen molar-refractivity contribution in [3.8, 4) is 5.69 Å². The number of esters is 1. The minimum Gasteiger partial charge on any atom is -0.462 e. The molecular weight excluding hydrogens is 496 g/mol. The first-order chi connectivity index (χ1) is 16.6. The van der Waals surface area contributed by atoms with Crippen LogP contribution in [0, 0.1) is 0 Å². The number of fused-ring (bicyclic) bond motifs is 2. The second kappa shape index (κ2) is 9.07. The summed E-state index contributed by atoms with van der Waals surface area (Å²) in [7, 11) is 0. The summed E-state index contributed by atoms with van der Waals surface area (Å²) in [5.41, 5.74) is 3.41.